The molecule has 0 amide bonds. The molecule has 1 atom stereocenters. The van der Waals surface area contributed by atoms with Crippen molar-refractivity contribution in [2.75, 3.05) is 0 Å². The Kier molecular flexibility index (Phi) is 4.00. The molecule has 0 saturated heterocycles. The van der Waals surface area contributed by atoms with Crippen molar-refractivity contribution in [2.24, 2.45) is 5.73 Å². The van der Waals surface area contributed by atoms with Gasteiger partial charge >= 0.3 is 0 Å². The molecule has 0 aromatic rings. The van der Waals surface area contributed by atoms with Crippen LogP contribution in [0.1, 0.15) is 19.3 Å². The van der Waals surface area contributed by atoms with Gasteiger partial charge in [0.15, 0.2) is 0 Å². The molecule has 0 unspecified atom stereocenters. The molecule has 0 bridgehead atoms. The van der Waals surface area contributed by atoms with Gasteiger partial charge in [-0.25, -0.2) is 0 Å². The van der Waals surface area contributed by atoms with Gasteiger partial charge in [-0.2, -0.15) is 0 Å². The summed E-state index contributed by atoms with van der Waals surface area (Å²) in [6.07, 6.45) is 5.06. The molecule has 3 N–H and O–H groups in total. The summed E-state index contributed by atoms with van der Waals surface area (Å²) < 4.78 is 0. The van der Waals surface area contributed by atoms with E-state index < -0.39 is 5.72 Å². The van der Waals surface area contributed by atoms with E-state index in [0.717, 1.165) is 6.42 Å². The third-order valence-corrected chi connectivity index (χ3v) is 1.28. The standard InChI is InChI=1S/C8H15NO/c1-3-5-7-8(9,10)6-4-2/h3-4,10H,1-2,5-7,9H2/t8-/m0/s1. The minimum atomic E-state index is -1.09. The fourth-order valence-electron chi connectivity index (χ4n) is 0.704. The van der Waals surface area contributed by atoms with Crippen LogP contribution in [0.15, 0.2) is 25.3 Å². The van der Waals surface area contributed by atoms with E-state index in [1.807, 2.05) is 0 Å². The Labute approximate surface area is 62.0 Å². The van der Waals surface area contributed by atoms with Gasteiger partial charge in [0.25, 0.3) is 0 Å². The number of hydrogen-bond acceptors (Lipinski definition) is 2. The maximum absolute atomic E-state index is 9.30. The van der Waals surface area contributed by atoms with Gasteiger partial charge in [-0.1, -0.05) is 12.2 Å². The Hall–Kier alpha value is -0.600. The Balaban J connectivity index is 3.61. The van der Waals surface area contributed by atoms with Crippen LogP contribution in [0.4, 0.5) is 0 Å². The predicted molar refractivity (Wildman–Crippen MR) is 43.4 cm³/mol. The number of rotatable bonds is 5. The van der Waals surface area contributed by atoms with E-state index in [4.69, 9.17) is 5.73 Å². The molecule has 10 heavy (non-hydrogen) atoms. The first-order chi connectivity index (χ1) is 4.62. The monoisotopic (exact) mass is 141 g/mol. The highest BCUT2D eigenvalue weighted by Crippen LogP contribution is 2.10. The van der Waals surface area contributed by atoms with Crippen molar-refractivity contribution in [3.8, 4) is 0 Å². The molecule has 0 aromatic carbocycles. The molecule has 0 fully saturated rings. The molecule has 0 aromatic heterocycles. The van der Waals surface area contributed by atoms with E-state index in [1.54, 1.807) is 12.2 Å². The Morgan fingerprint density at radius 3 is 2.40 bits per heavy atom. The summed E-state index contributed by atoms with van der Waals surface area (Å²) in [7, 11) is 0. The van der Waals surface area contributed by atoms with E-state index in [9.17, 15) is 5.11 Å². The maximum atomic E-state index is 9.30. The average molecular weight is 141 g/mol. The van der Waals surface area contributed by atoms with Gasteiger partial charge < -0.3 is 10.8 Å². The van der Waals surface area contributed by atoms with Gasteiger partial charge in [-0.15, -0.1) is 13.2 Å². The van der Waals surface area contributed by atoms with Crippen molar-refractivity contribution in [2.45, 2.75) is 25.0 Å². The Morgan fingerprint density at radius 2 is 2.00 bits per heavy atom. The summed E-state index contributed by atoms with van der Waals surface area (Å²) in [5.41, 5.74) is 4.36. The second-order valence-electron chi connectivity index (χ2n) is 2.42. The molecule has 0 saturated carbocycles. The molecule has 0 aliphatic carbocycles. The quantitative estimate of drug-likeness (QED) is 0.446. The number of aliphatic hydroxyl groups is 1. The van der Waals surface area contributed by atoms with Crippen molar-refractivity contribution in [3.63, 3.8) is 0 Å². The van der Waals surface area contributed by atoms with Crippen LogP contribution in [0.2, 0.25) is 0 Å². The molecule has 58 valence electrons. The number of allylic oxidation sites excluding steroid dienone is 1. The van der Waals surface area contributed by atoms with Crippen LogP contribution in [-0.2, 0) is 0 Å². The smallest absolute Gasteiger partial charge is 0.117 e. The first-order valence-electron chi connectivity index (χ1n) is 3.35. The molecule has 0 heterocycles. The fraction of sp³-hybridized carbons (Fsp3) is 0.500. The van der Waals surface area contributed by atoms with Crippen LogP contribution in [0.5, 0.6) is 0 Å². The molecule has 0 aliphatic heterocycles. The summed E-state index contributed by atoms with van der Waals surface area (Å²) in [5, 5.41) is 9.30. The van der Waals surface area contributed by atoms with Crippen molar-refractivity contribution in [3.05, 3.63) is 25.3 Å². The lowest BCUT2D eigenvalue weighted by molar-refractivity contribution is 0.0421. The largest absolute Gasteiger partial charge is 0.376 e. The van der Waals surface area contributed by atoms with Crippen LogP contribution in [0.25, 0.3) is 0 Å². The molecular formula is C8H15NO. The SMILES string of the molecule is C=CCC[C@@](N)(O)CC=C. The molecule has 2 nitrogen and oxygen atoms in total. The van der Waals surface area contributed by atoms with E-state index in [1.165, 1.54) is 0 Å². The lowest BCUT2D eigenvalue weighted by atomic mass is 10.1. The average Bonchev–Trinajstić information content (AvgIpc) is 1.84. The van der Waals surface area contributed by atoms with Crippen molar-refractivity contribution < 1.29 is 5.11 Å². The van der Waals surface area contributed by atoms with Crippen molar-refractivity contribution in [1.82, 2.24) is 0 Å². The molecule has 0 rings (SSSR count). The van der Waals surface area contributed by atoms with E-state index in [-0.39, 0.29) is 0 Å². The van der Waals surface area contributed by atoms with Crippen molar-refractivity contribution in [1.29, 1.82) is 0 Å². The van der Waals surface area contributed by atoms with Crippen LogP contribution in [0.3, 0.4) is 0 Å². The fourth-order valence-corrected chi connectivity index (χ4v) is 0.704. The van der Waals surface area contributed by atoms with Crippen LogP contribution in [0, 0.1) is 0 Å². The zero-order chi connectivity index (χ0) is 8.04. The molecule has 0 radical (unpaired) electrons. The minimum absolute atomic E-state index is 0.431. The van der Waals surface area contributed by atoms with Gasteiger partial charge in [0.05, 0.1) is 0 Å². The molecule has 2 heteroatoms. The van der Waals surface area contributed by atoms with E-state index in [0.29, 0.717) is 12.8 Å². The maximum Gasteiger partial charge on any atom is 0.117 e. The highest BCUT2D eigenvalue weighted by molar-refractivity contribution is 4.83. The van der Waals surface area contributed by atoms with Gasteiger partial charge in [0, 0.05) is 6.42 Å². The minimum Gasteiger partial charge on any atom is -0.376 e. The van der Waals surface area contributed by atoms with Gasteiger partial charge in [0.1, 0.15) is 5.72 Å². The third-order valence-electron chi connectivity index (χ3n) is 1.28. The number of hydrogen-bond donors (Lipinski definition) is 2. The van der Waals surface area contributed by atoms with Crippen LogP contribution >= 0.6 is 0 Å². The topological polar surface area (TPSA) is 46.2 Å². The Morgan fingerprint density at radius 1 is 1.40 bits per heavy atom. The highest BCUT2D eigenvalue weighted by Gasteiger charge is 2.16. The zero-order valence-electron chi connectivity index (χ0n) is 6.21. The van der Waals surface area contributed by atoms with Gasteiger partial charge in [0.2, 0.25) is 0 Å². The normalized spacial score (nSPS) is 15.8. The lowest BCUT2D eigenvalue weighted by Crippen LogP contribution is -2.38. The first kappa shape index (κ1) is 9.40. The molecule has 0 aliphatic rings. The van der Waals surface area contributed by atoms with E-state index in [2.05, 4.69) is 13.2 Å². The summed E-state index contributed by atoms with van der Waals surface area (Å²) in [5.74, 6) is 0. The first-order valence-corrected chi connectivity index (χ1v) is 3.35. The van der Waals surface area contributed by atoms with E-state index >= 15 is 0 Å². The second-order valence-corrected chi connectivity index (χ2v) is 2.42. The van der Waals surface area contributed by atoms with Crippen molar-refractivity contribution >= 4 is 0 Å². The lowest BCUT2D eigenvalue weighted by Gasteiger charge is -2.19. The van der Waals surface area contributed by atoms with Crippen LogP contribution < -0.4 is 5.73 Å². The van der Waals surface area contributed by atoms with Crippen LogP contribution in [-0.4, -0.2) is 10.8 Å². The van der Waals surface area contributed by atoms with Gasteiger partial charge in [-0.05, 0) is 12.8 Å². The van der Waals surface area contributed by atoms with Gasteiger partial charge in [-0.3, -0.25) is 0 Å². The second kappa shape index (κ2) is 4.25. The summed E-state index contributed by atoms with van der Waals surface area (Å²) >= 11 is 0. The summed E-state index contributed by atoms with van der Waals surface area (Å²) in [6, 6.07) is 0. The Bertz CT molecular complexity index is 118. The zero-order valence-corrected chi connectivity index (χ0v) is 6.21. The highest BCUT2D eigenvalue weighted by atomic mass is 16.3. The third kappa shape index (κ3) is 4.30. The summed E-state index contributed by atoms with van der Waals surface area (Å²) in [6.45, 7) is 7.02. The molecular weight excluding hydrogens is 126 g/mol. The summed E-state index contributed by atoms with van der Waals surface area (Å²) in [4.78, 5) is 0. The predicted octanol–water partition coefficient (Wildman–Crippen LogP) is 1.18. The number of nitrogens with two attached hydrogens (primary N) is 1. The molecule has 0 spiro atoms.